The molecular formula is C20H19NO3. The molecule has 4 heteroatoms. The number of aryl methyl sites for hydroxylation is 1. The Labute approximate surface area is 141 Å². The maximum atomic E-state index is 12.6. The second-order valence-corrected chi connectivity index (χ2v) is 5.35. The average molecular weight is 321 g/mol. The molecule has 1 heterocycles. The fourth-order valence-electron chi connectivity index (χ4n) is 2.50. The molecule has 0 aliphatic heterocycles. The third-order valence-electron chi connectivity index (χ3n) is 3.78. The van der Waals surface area contributed by atoms with Crippen LogP contribution in [-0.2, 0) is 6.42 Å². The van der Waals surface area contributed by atoms with Crippen molar-refractivity contribution in [3.63, 3.8) is 0 Å². The Kier molecular flexibility index (Phi) is 4.66. The van der Waals surface area contributed by atoms with Crippen molar-refractivity contribution in [2.45, 2.75) is 13.3 Å². The first-order chi connectivity index (χ1) is 11.7. The Morgan fingerprint density at radius 1 is 1.08 bits per heavy atom. The van der Waals surface area contributed by atoms with Gasteiger partial charge in [-0.2, -0.15) is 0 Å². The number of amides is 1. The number of benzene rings is 2. The zero-order valence-corrected chi connectivity index (χ0v) is 13.7. The van der Waals surface area contributed by atoms with E-state index in [1.165, 1.54) is 0 Å². The smallest absolute Gasteiger partial charge is 0.259 e. The van der Waals surface area contributed by atoms with E-state index in [1.807, 2.05) is 37.3 Å². The molecule has 0 bridgehead atoms. The molecule has 0 atom stereocenters. The molecule has 0 saturated carbocycles. The van der Waals surface area contributed by atoms with Crippen LogP contribution in [0.15, 0.2) is 65.1 Å². The predicted octanol–water partition coefficient (Wildman–Crippen LogP) is 4.77. The minimum absolute atomic E-state index is 0.178. The van der Waals surface area contributed by atoms with Crippen LogP contribution in [-0.4, -0.2) is 13.0 Å². The van der Waals surface area contributed by atoms with Gasteiger partial charge in [0, 0.05) is 17.7 Å². The van der Waals surface area contributed by atoms with Gasteiger partial charge in [-0.15, -0.1) is 0 Å². The van der Waals surface area contributed by atoms with Crippen molar-refractivity contribution in [1.29, 1.82) is 0 Å². The number of hydrogen-bond acceptors (Lipinski definition) is 3. The van der Waals surface area contributed by atoms with Gasteiger partial charge in [0.05, 0.1) is 12.7 Å². The summed E-state index contributed by atoms with van der Waals surface area (Å²) in [6.07, 6.45) is 0.651. The number of anilines is 1. The van der Waals surface area contributed by atoms with Gasteiger partial charge in [0.1, 0.15) is 17.3 Å². The normalized spacial score (nSPS) is 10.4. The van der Waals surface area contributed by atoms with Gasteiger partial charge >= 0.3 is 0 Å². The van der Waals surface area contributed by atoms with Gasteiger partial charge < -0.3 is 14.5 Å². The lowest BCUT2D eigenvalue weighted by Crippen LogP contribution is -2.12. The molecule has 24 heavy (non-hydrogen) atoms. The van der Waals surface area contributed by atoms with Gasteiger partial charge in [-0.25, -0.2) is 0 Å². The van der Waals surface area contributed by atoms with E-state index in [0.717, 1.165) is 11.3 Å². The van der Waals surface area contributed by atoms with E-state index in [2.05, 4.69) is 5.32 Å². The molecule has 0 saturated heterocycles. The summed E-state index contributed by atoms with van der Waals surface area (Å²) in [5.74, 6) is 1.95. The summed E-state index contributed by atoms with van der Waals surface area (Å²) in [6, 6.07) is 18.8. The second-order valence-electron chi connectivity index (χ2n) is 5.35. The van der Waals surface area contributed by atoms with E-state index in [0.29, 0.717) is 29.2 Å². The first-order valence-electron chi connectivity index (χ1n) is 7.84. The number of rotatable bonds is 5. The van der Waals surface area contributed by atoms with E-state index in [4.69, 9.17) is 9.15 Å². The predicted molar refractivity (Wildman–Crippen MR) is 94.5 cm³/mol. The zero-order valence-electron chi connectivity index (χ0n) is 13.7. The van der Waals surface area contributed by atoms with Crippen LogP contribution < -0.4 is 10.1 Å². The first kappa shape index (κ1) is 15.9. The Morgan fingerprint density at radius 2 is 1.79 bits per heavy atom. The van der Waals surface area contributed by atoms with Crippen LogP contribution in [0.1, 0.15) is 23.0 Å². The lowest BCUT2D eigenvalue weighted by Gasteiger charge is -2.05. The minimum atomic E-state index is -0.178. The molecule has 4 nitrogen and oxygen atoms in total. The van der Waals surface area contributed by atoms with E-state index >= 15 is 0 Å². The van der Waals surface area contributed by atoms with Crippen LogP contribution in [0.25, 0.3) is 11.3 Å². The topological polar surface area (TPSA) is 51.5 Å². The highest BCUT2D eigenvalue weighted by molar-refractivity contribution is 6.05. The van der Waals surface area contributed by atoms with Crippen LogP contribution >= 0.6 is 0 Å². The van der Waals surface area contributed by atoms with Gasteiger partial charge in [0.15, 0.2) is 0 Å². The molecule has 2 aromatic carbocycles. The van der Waals surface area contributed by atoms with Crippen molar-refractivity contribution in [1.82, 2.24) is 0 Å². The van der Waals surface area contributed by atoms with Crippen molar-refractivity contribution >= 4 is 11.6 Å². The number of carbonyl (C=O) groups excluding carboxylic acids is 1. The Hall–Kier alpha value is -3.01. The number of hydrogen-bond donors (Lipinski definition) is 1. The Morgan fingerprint density at radius 3 is 2.42 bits per heavy atom. The third kappa shape index (κ3) is 3.33. The summed E-state index contributed by atoms with van der Waals surface area (Å²) >= 11 is 0. The summed E-state index contributed by atoms with van der Waals surface area (Å²) in [5, 5.41) is 2.89. The van der Waals surface area contributed by atoms with Crippen molar-refractivity contribution < 1.29 is 13.9 Å². The fraction of sp³-hybridized carbons (Fsp3) is 0.150. The van der Waals surface area contributed by atoms with Gasteiger partial charge in [-0.3, -0.25) is 4.79 Å². The number of carbonyl (C=O) groups is 1. The van der Waals surface area contributed by atoms with Gasteiger partial charge in [-0.1, -0.05) is 37.3 Å². The van der Waals surface area contributed by atoms with Gasteiger partial charge in [-0.05, 0) is 30.3 Å². The maximum Gasteiger partial charge on any atom is 0.259 e. The molecule has 1 N–H and O–H groups in total. The Balaban J connectivity index is 1.84. The van der Waals surface area contributed by atoms with Crippen LogP contribution in [0.5, 0.6) is 5.75 Å². The van der Waals surface area contributed by atoms with Crippen LogP contribution in [0.3, 0.4) is 0 Å². The average Bonchev–Trinajstić information content (AvgIpc) is 3.08. The zero-order chi connectivity index (χ0) is 16.9. The summed E-state index contributed by atoms with van der Waals surface area (Å²) in [4.78, 5) is 12.6. The molecule has 3 rings (SSSR count). The van der Waals surface area contributed by atoms with Crippen molar-refractivity contribution in [3.8, 4) is 17.1 Å². The minimum Gasteiger partial charge on any atom is -0.497 e. The molecule has 3 aromatic rings. The number of furan rings is 1. The highest BCUT2D eigenvalue weighted by atomic mass is 16.5. The molecule has 0 fully saturated rings. The molecular weight excluding hydrogens is 302 g/mol. The summed E-state index contributed by atoms with van der Waals surface area (Å²) in [7, 11) is 1.61. The lowest BCUT2D eigenvalue weighted by atomic mass is 10.1. The molecule has 122 valence electrons. The quantitative estimate of drug-likeness (QED) is 0.736. The lowest BCUT2D eigenvalue weighted by molar-refractivity contribution is 0.102. The molecule has 0 aliphatic rings. The number of nitrogens with one attached hydrogen (secondary N) is 1. The Bertz CT molecular complexity index is 820. The largest absolute Gasteiger partial charge is 0.497 e. The summed E-state index contributed by atoms with van der Waals surface area (Å²) in [6.45, 7) is 1.97. The number of methoxy groups -OCH3 is 1. The van der Waals surface area contributed by atoms with Crippen molar-refractivity contribution in [3.05, 3.63) is 72.0 Å². The maximum absolute atomic E-state index is 12.6. The SMILES string of the molecule is CCc1oc(-c2ccccc2)cc1C(=O)Nc1ccc(OC)cc1. The van der Waals surface area contributed by atoms with E-state index in [9.17, 15) is 4.79 Å². The second kappa shape index (κ2) is 7.04. The first-order valence-corrected chi connectivity index (χ1v) is 7.84. The van der Waals surface area contributed by atoms with E-state index in [-0.39, 0.29) is 5.91 Å². The molecule has 1 aromatic heterocycles. The monoisotopic (exact) mass is 321 g/mol. The highest BCUT2D eigenvalue weighted by Gasteiger charge is 2.17. The molecule has 0 aliphatic carbocycles. The van der Waals surface area contributed by atoms with E-state index in [1.54, 1.807) is 37.4 Å². The third-order valence-corrected chi connectivity index (χ3v) is 3.78. The summed E-state index contributed by atoms with van der Waals surface area (Å²) < 4.78 is 11.0. The van der Waals surface area contributed by atoms with E-state index < -0.39 is 0 Å². The summed E-state index contributed by atoms with van der Waals surface area (Å²) in [5.41, 5.74) is 2.23. The van der Waals surface area contributed by atoms with Crippen molar-refractivity contribution in [2.75, 3.05) is 12.4 Å². The highest BCUT2D eigenvalue weighted by Crippen LogP contribution is 2.27. The van der Waals surface area contributed by atoms with Gasteiger partial charge in [0.25, 0.3) is 5.91 Å². The van der Waals surface area contributed by atoms with Crippen LogP contribution in [0.4, 0.5) is 5.69 Å². The molecule has 0 unspecified atom stereocenters. The van der Waals surface area contributed by atoms with Crippen molar-refractivity contribution in [2.24, 2.45) is 0 Å². The van der Waals surface area contributed by atoms with Crippen LogP contribution in [0, 0.1) is 0 Å². The van der Waals surface area contributed by atoms with Crippen LogP contribution in [0.2, 0.25) is 0 Å². The molecule has 0 spiro atoms. The molecule has 0 radical (unpaired) electrons. The standard InChI is InChI=1S/C20H19NO3/c1-3-18-17(13-19(24-18)14-7-5-4-6-8-14)20(22)21-15-9-11-16(23-2)12-10-15/h4-13H,3H2,1-2H3,(H,21,22). The van der Waals surface area contributed by atoms with Gasteiger partial charge in [0.2, 0.25) is 0 Å². The number of ether oxygens (including phenoxy) is 1. The molecule has 1 amide bonds. The fourth-order valence-corrected chi connectivity index (χ4v) is 2.50.